The number of hydrogen-bond acceptors (Lipinski definition) is 2. The molecular weight excluding hydrogens is 224 g/mol. The third-order valence-corrected chi connectivity index (χ3v) is 5.47. The van der Waals surface area contributed by atoms with Crippen molar-refractivity contribution < 1.29 is 4.79 Å². The predicted molar refractivity (Wildman–Crippen MR) is 72.1 cm³/mol. The molecule has 3 rings (SSSR count). The molecule has 0 spiro atoms. The maximum Gasteiger partial charge on any atom is 0.224 e. The number of carbonyl (C=O) groups is 1. The average Bonchev–Trinajstić information content (AvgIpc) is 2.85. The minimum Gasteiger partial charge on any atom is -0.351 e. The van der Waals surface area contributed by atoms with Crippen molar-refractivity contribution in [3.63, 3.8) is 0 Å². The van der Waals surface area contributed by atoms with E-state index in [0.717, 1.165) is 13.1 Å². The number of amides is 1. The van der Waals surface area contributed by atoms with Gasteiger partial charge in [-0.3, -0.25) is 4.79 Å². The first-order valence-corrected chi connectivity index (χ1v) is 7.62. The summed E-state index contributed by atoms with van der Waals surface area (Å²) < 4.78 is 0. The van der Waals surface area contributed by atoms with Gasteiger partial charge in [0.1, 0.15) is 0 Å². The first-order chi connectivity index (χ1) is 8.59. The lowest BCUT2D eigenvalue weighted by Gasteiger charge is -2.38. The monoisotopic (exact) mass is 250 g/mol. The SMILES string of the molecule is CC(C)(NC(=O)C1C2CNCC21)C1CCCCC1. The van der Waals surface area contributed by atoms with Crippen molar-refractivity contribution in [2.45, 2.75) is 51.5 Å². The number of rotatable bonds is 3. The molecule has 0 bridgehead atoms. The van der Waals surface area contributed by atoms with Crippen LogP contribution >= 0.6 is 0 Å². The molecule has 18 heavy (non-hydrogen) atoms. The quantitative estimate of drug-likeness (QED) is 0.803. The van der Waals surface area contributed by atoms with Crippen molar-refractivity contribution in [3.8, 4) is 0 Å². The molecule has 2 aliphatic carbocycles. The smallest absolute Gasteiger partial charge is 0.224 e. The predicted octanol–water partition coefficient (Wildman–Crippen LogP) is 1.93. The standard InChI is InChI=1S/C15H26N2O/c1-15(2,10-6-4-3-5-7-10)17-14(18)13-11-8-16-9-12(11)13/h10-13,16H,3-9H2,1-2H3,(H,17,18). The average molecular weight is 250 g/mol. The van der Waals surface area contributed by atoms with Crippen LogP contribution in [0, 0.1) is 23.7 Å². The summed E-state index contributed by atoms with van der Waals surface area (Å²) in [6.07, 6.45) is 6.61. The lowest BCUT2D eigenvalue weighted by molar-refractivity contribution is -0.125. The third-order valence-electron chi connectivity index (χ3n) is 5.47. The van der Waals surface area contributed by atoms with Crippen LogP contribution in [0.4, 0.5) is 0 Å². The zero-order valence-corrected chi connectivity index (χ0v) is 11.7. The zero-order valence-electron chi connectivity index (χ0n) is 11.7. The van der Waals surface area contributed by atoms with Crippen LogP contribution < -0.4 is 10.6 Å². The first-order valence-electron chi connectivity index (χ1n) is 7.62. The minimum absolute atomic E-state index is 0.0121. The summed E-state index contributed by atoms with van der Waals surface area (Å²) in [7, 11) is 0. The summed E-state index contributed by atoms with van der Waals surface area (Å²) in [5, 5.41) is 6.70. The van der Waals surface area contributed by atoms with Gasteiger partial charge in [0.25, 0.3) is 0 Å². The Morgan fingerprint density at radius 1 is 1.11 bits per heavy atom. The van der Waals surface area contributed by atoms with Crippen molar-refractivity contribution in [2.75, 3.05) is 13.1 Å². The lowest BCUT2D eigenvalue weighted by Crippen LogP contribution is -2.50. The van der Waals surface area contributed by atoms with Crippen LogP contribution in [0.2, 0.25) is 0 Å². The van der Waals surface area contributed by atoms with Gasteiger partial charge in [-0.05, 0) is 57.5 Å². The van der Waals surface area contributed by atoms with Crippen molar-refractivity contribution in [1.29, 1.82) is 0 Å². The molecule has 102 valence electrons. The van der Waals surface area contributed by atoms with E-state index in [1.54, 1.807) is 0 Å². The van der Waals surface area contributed by atoms with Crippen LogP contribution in [0.25, 0.3) is 0 Å². The maximum atomic E-state index is 12.3. The highest BCUT2D eigenvalue weighted by atomic mass is 16.2. The molecule has 1 aliphatic heterocycles. The fourth-order valence-corrected chi connectivity index (χ4v) is 4.13. The van der Waals surface area contributed by atoms with Gasteiger partial charge in [0, 0.05) is 11.5 Å². The van der Waals surface area contributed by atoms with E-state index in [1.807, 2.05) is 0 Å². The second kappa shape index (κ2) is 4.52. The Morgan fingerprint density at radius 3 is 2.33 bits per heavy atom. The normalized spacial score (nSPS) is 36.2. The Kier molecular flexibility index (Phi) is 3.13. The second-order valence-electron chi connectivity index (χ2n) is 7.06. The summed E-state index contributed by atoms with van der Waals surface area (Å²) in [6, 6.07) is 0. The van der Waals surface area contributed by atoms with Crippen LogP contribution in [-0.4, -0.2) is 24.5 Å². The first kappa shape index (κ1) is 12.5. The largest absolute Gasteiger partial charge is 0.351 e. The van der Waals surface area contributed by atoms with Crippen LogP contribution in [0.3, 0.4) is 0 Å². The van der Waals surface area contributed by atoms with E-state index in [1.165, 1.54) is 32.1 Å². The summed E-state index contributed by atoms with van der Waals surface area (Å²) in [5.74, 6) is 2.57. The van der Waals surface area contributed by atoms with Crippen LogP contribution in [0.1, 0.15) is 46.0 Å². The van der Waals surface area contributed by atoms with Crippen molar-refractivity contribution in [2.24, 2.45) is 23.7 Å². The fraction of sp³-hybridized carbons (Fsp3) is 0.933. The summed E-state index contributed by atoms with van der Waals surface area (Å²) >= 11 is 0. The zero-order chi connectivity index (χ0) is 12.8. The topological polar surface area (TPSA) is 41.1 Å². The molecule has 2 N–H and O–H groups in total. The molecule has 2 unspecified atom stereocenters. The molecule has 3 fully saturated rings. The molecule has 3 aliphatic rings. The van der Waals surface area contributed by atoms with E-state index < -0.39 is 0 Å². The molecule has 0 aromatic rings. The Hall–Kier alpha value is -0.570. The fourth-order valence-electron chi connectivity index (χ4n) is 4.13. The summed E-state index contributed by atoms with van der Waals surface area (Å²) in [5.41, 5.74) is -0.0121. The van der Waals surface area contributed by atoms with Gasteiger partial charge in [-0.15, -0.1) is 0 Å². The molecule has 1 heterocycles. The lowest BCUT2D eigenvalue weighted by atomic mass is 9.76. The molecule has 1 amide bonds. The van der Waals surface area contributed by atoms with Gasteiger partial charge in [0.15, 0.2) is 0 Å². The number of fused-ring (bicyclic) bond motifs is 1. The molecule has 2 saturated carbocycles. The van der Waals surface area contributed by atoms with Gasteiger partial charge >= 0.3 is 0 Å². The Balaban J connectivity index is 1.56. The Labute approximate surface area is 110 Å². The van der Waals surface area contributed by atoms with Gasteiger partial charge in [-0.1, -0.05) is 19.3 Å². The number of piperidine rings is 1. The molecule has 0 aromatic carbocycles. The van der Waals surface area contributed by atoms with Gasteiger partial charge in [-0.2, -0.15) is 0 Å². The summed E-state index contributed by atoms with van der Waals surface area (Å²) in [6.45, 7) is 6.54. The number of nitrogens with one attached hydrogen (secondary N) is 2. The van der Waals surface area contributed by atoms with Crippen molar-refractivity contribution >= 4 is 5.91 Å². The third kappa shape index (κ3) is 2.18. The Bertz CT molecular complexity index is 323. The van der Waals surface area contributed by atoms with Gasteiger partial charge in [0.2, 0.25) is 5.91 Å². The van der Waals surface area contributed by atoms with E-state index >= 15 is 0 Å². The Morgan fingerprint density at radius 2 is 1.72 bits per heavy atom. The highest BCUT2D eigenvalue weighted by Crippen LogP contribution is 2.49. The number of hydrogen-bond donors (Lipinski definition) is 2. The molecule has 0 radical (unpaired) electrons. The molecule has 0 aromatic heterocycles. The molecule has 1 saturated heterocycles. The van der Waals surface area contributed by atoms with Gasteiger partial charge in [0.05, 0.1) is 0 Å². The molecule has 3 heteroatoms. The molecular formula is C15H26N2O. The van der Waals surface area contributed by atoms with Gasteiger partial charge < -0.3 is 10.6 Å². The van der Waals surface area contributed by atoms with Gasteiger partial charge in [-0.25, -0.2) is 0 Å². The van der Waals surface area contributed by atoms with Crippen LogP contribution in [0.5, 0.6) is 0 Å². The van der Waals surface area contributed by atoms with E-state index in [4.69, 9.17) is 0 Å². The molecule has 2 atom stereocenters. The van der Waals surface area contributed by atoms with Crippen molar-refractivity contribution in [1.82, 2.24) is 10.6 Å². The highest BCUT2D eigenvalue weighted by molar-refractivity contribution is 5.83. The second-order valence-corrected chi connectivity index (χ2v) is 7.06. The van der Waals surface area contributed by atoms with Crippen LogP contribution in [-0.2, 0) is 4.79 Å². The van der Waals surface area contributed by atoms with Crippen LogP contribution in [0.15, 0.2) is 0 Å². The van der Waals surface area contributed by atoms with E-state index in [2.05, 4.69) is 24.5 Å². The summed E-state index contributed by atoms with van der Waals surface area (Å²) in [4.78, 5) is 12.3. The number of carbonyl (C=O) groups excluding carboxylic acids is 1. The minimum atomic E-state index is -0.0121. The van der Waals surface area contributed by atoms with Crippen molar-refractivity contribution in [3.05, 3.63) is 0 Å². The van der Waals surface area contributed by atoms with E-state index in [-0.39, 0.29) is 5.54 Å². The van der Waals surface area contributed by atoms with E-state index in [9.17, 15) is 4.79 Å². The highest BCUT2D eigenvalue weighted by Gasteiger charge is 2.57. The van der Waals surface area contributed by atoms with E-state index in [0.29, 0.717) is 29.6 Å². The molecule has 3 nitrogen and oxygen atoms in total. The maximum absolute atomic E-state index is 12.3.